The Labute approximate surface area is 84.0 Å². The zero-order chi connectivity index (χ0) is 10.3. The van der Waals surface area contributed by atoms with Gasteiger partial charge in [0.05, 0.1) is 0 Å². The zero-order valence-corrected chi connectivity index (χ0v) is 8.49. The van der Waals surface area contributed by atoms with Crippen molar-refractivity contribution in [2.24, 2.45) is 11.7 Å². The lowest BCUT2D eigenvalue weighted by Gasteiger charge is -2.41. The van der Waals surface area contributed by atoms with Gasteiger partial charge in [0, 0.05) is 6.42 Å². The molecule has 0 aromatic carbocycles. The highest BCUT2D eigenvalue weighted by Crippen LogP contribution is 2.32. The Morgan fingerprint density at radius 1 is 1.43 bits per heavy atom. The van der Waals surface area contributed by atoms with Gasteiger partial charge in [0.15, 0.2) is 0 Å². The van der Waals surface area contributed by atoms with E-state index in [9.17, 15) is 10.3 Å². The molecule has 0 saturated carbocycles. The summed E-state index contributed by atoms with van der Waals surface area (Å²) in [5, 5.41) is 21.5. The van der Waals surface area contributed by atoms with E-state index in [1.807, 2.05) is 0 Å². The van der Waals surface area contributed by atoms with E-state index in [-0.39, 0.29) is 11.2 Å². The van der Waals surface area contributed by atoms with Gasteiger partial charge in [0.2, 0.25) is 0 Å². The third-order valence-corrected chi connectivity index (χ3v) is 3.47. The summed E-state index contributed by atoms with van der Waals surface area (Å²) in [6.45, 7) is 2.13. The van der Waals surface area contributed by atoms with Crippen molar-refractivity contribution in [1.29, 1.82) is 0 Å². The summed E-state index contributed by atoms with van der Waals surface area (Å²) < 4.78 is 0. The van der Waals surface area contributed by atoms with Crippen molar-refractivity contribution in [2.75, 3.05) is 0 Å². The van der Waals surface area contributed by atoms with Gasteiger partial charge in [-0.2, -0.15) is 0 Å². The quantitative estimate of drug-likeness (QED) is 0.459. The fraction of sp³-hybridized carbons (Fsp3) is 0.800. The van der Waals surface area contributed by atoms with Crippen LogP contribution in [0.3, 0.4) is 0 Å². The van der Waals surface area contributed by atoms with Crippen LogP contribution >= 0.6 is 0 Å². The molecule has 0 amide bonds. The lowest BCUT2D eigenvalue weighted by Crippen LogP contribution is -3.13. The lowest BCUT2D eigenvalue weighted by atomic mass is 9.81. The average molecular weight is 198 g/mol. The smallest absolute Gasteiger partial charge is 0.143 e. The van der Waals surface area contributed by atoms with E-state index in [4.69, 9.17) is 5.73 Å². The molecule has 4 unspecified atom stereocenters. The molecule has 0 fully saturated rings. The number of aliphatic hydroxyl groups is 1. The van der Waals surface area contributed by atoms with Gasteiger partial charge in [-0.05, 0) is 30.8 Å². The third kappa shape index (κ3) is 1.48. The summed E-state index contributed by atoms with van der Waals surface area (Å²) in [5.74, 6) is 0.449. The molecule has 4 nitrogen and oxygen atoms in total. The third-order valence-electron chi connectivity index (χ3n) is 3.47. The molecular weight excluding hydrogens is 180 g/mol. The van der Waals surface area contributed by atoms with Crippen molar-refractivity contribution in [3.63, 3.8) is 0 Å². The summed E-state index contributed by atoms with van der Waals surface area (Å²) in [7, 11) is 0. The predicted molar refractivity (Wildman–Crippen MR) is 53.0 cm³/mol. The van der Waals surface area contributed by atoms with Gasteiger partial charge < -0.3 is 15.4 Å². The molecule has 4 heteroatoms. The van der Waals surface area contributed by atoms with Crippen LogP contribution in [0.1, 0.15) is 32.6 Å². The zero-order valence-electron chi connectivity index (χ0n) is 8.49. The van der Waals surface area contributed by atoms with E-state index in [0.717, 1.165) is 24.8 Å². The van der Waals surface area contributed by atoms with Crippen molar-refractivity contribution in [1.82, 2.24) is 0 Å². The fourth-order valence-electron chi connectivity index (χ4n) is 2.55. The van der Waals surface area contributed by atoms with E-state index >= 15 is 0 Å². The highest BCUT2D eigenvalue weighted by Gasteiger charge is 2.36. The van der Waals surface area contributed by atoms with Gasteiger partial charge in [-0.3, -0.25) is 5.73 Å². The molecule has 0 aromatic heterocycles. The second-order valence-corrected chi connectivity index (χ2v) is 4.44. The molecular formula is C10H18N2O2. The maximum Gasteiger partial charge on any atom is 0.143 e. The second-order valence-electron chi connectivity index (χ2n) is 4.44. The van der Waals surface area contributed by atoms with Gasteiger partial charge in [0.25, 0.3) is 0 Å². The molecule has 1 aliphatic carbocycles. The molecule has 14 heavy (non-hydrogen) atoms. The summed E-state index contributed by atoms with van der Waals surface area (Å²) in [4.78, 5) is 0. The molecule has 0 spiro atoms. The molecule has 0 aromatic rings. The number of aliphatic hydroxyl groups excluding tert-OH is 1. The molecule has 4 atom stereocenters. The molecule has 2 aliphatic rings. The van der Waals surface area contributed by atoms with Gasteiger partial charge in [-0.15, -0.1) is 0 Å². The van der Waals surface area contributed by atoms with Gasteiger partial charge in [0.1, 0.15) is 18.0 Å². The first kappa shape index (κ1) is 10.1. The Morgan fingerprint density at radius 2 is 2.14 bits per heavy atom. The molecule has 0 radical (unpaired) electrons. The average Bonchev–Trinajstić information content (AvgIpc) is 2.16. The summed E-state index contributed by atoms with van der Waals surface area (Å²) in [5.41, 5.74) is 7.50. The Kier molecular flexibility index (Phi) is 2.62. The monoisotopic (exact) mass is 198 g/mol. The van der Waals surface area contributed by atoms with Crippen molar-refractivity contribution < 1.29 is 10.2 Å². The highest BCUT2D eigenvalue weighted by atomic mass is 16.5. The number of hydrogen-bond donors (Lipinski definition) is 3. The van der Waals surface area contributed by atoms with Crippen LogP contribution < -0.4 is 10.8 Å². The Morgan fingerprint density at radius 3 is 2.86 bits per heavy atom. The van der Waals surface area contributed by atoms with Crippen LogP contribution in [0.2, 0.25) is 0 Å². The minimum atomic E-state index is -0.556. The van der Waals surface area contributed by atoms with Crippen molar-refractivity contribution >= 4 is 0 Å². The number of nitrogens with one attached hydrogen (secondary N) is 1. The van der Waals surface area contributed by atoms with E-state index < -0.39 is 6.10 Å². The molecule has 4 N–H and O–H groups in total. The van der Waals surface area contributed by atoms with E-state index in [2.05, 4.69) is 6.92 Å². The molecule has 1 heterocycles. The standard InChI is InChI=1S/C10H18N2O2/c1-6-2-4-8(13)10-7(6)3-5-9(11)12(10)14/h6,8-9,12-13H,2-5,11H2,1H3. The first-order valence-corrected chi connectivity index (χ1v) is 5.32. The molecule has 2 rings (SSSR count). The first-order valence-electron chi connectivity index (χ1n) is 5.32. The molecule has 1 aliphatic heterocycles. The SMILES string of the molecule is CC1CCC(O)C2=C1CCC(N)[NH+]2[O-]. The number of hydroxylamine groups is 2. The number of hydrogen-bond acceptors (Lipinski definition) is 3. The maximum atomic E-state index is 11.8. The number of nitrogens with two attached hydrogens (primary N) is 1. The topological polar surface area (TPSA) is 73.8 Å². The highest BCUT2D eigenvalue weighted by molar-refractivity contribution is 5.19. The van der Waals surface area contributed by atoms with Gasteiger partial charge in [-0.25, -0.2) is 0 Å². The van der Waals surface area contributed by atoms with Crippen molar-refractivity contribution in [3.05, 3.63) is 16.5 Å². The fourth-order valence-corrected chi connectivity index (χ4v) is 2.55. The minimum Gasteiger partial charge on any atom is -0.628 e. The van der Waals surface area contributed by atoms with E-state index in [1.54, 1.807) is 0 Å². The van der Waals surface area contributed by atoms with Crippen LogP contribution in [0.15, 0.2) is 11.3 Å². The van der Waals surface area contributed by atoms with Crippen LogP contribution in [-0.4, -0.2) is 17.4 Å². The molecule has 80 valence electrons. The predicted octanol–water partition coefficient (Wildman–Crippen LogP) is -0.507. The molecule has 0 saturated heterocycles. The Balaban J connectivity index is 2.35. The normalized spacial score (nSPS) is 43.7. The van der Waals surface area contributed by atoms with Gasteiger partial charge >= 0.3 is 0 Å². The number of rotatable bonds is 0. The van der Waals surface area contributed by atoms with Crippen LogP contribution in [0.5, 0.6) is 0 Å². The largest absolute Gasteiger partial charge is 0.628 e. The van der Waals surface area contributed by atoms with Crippen molar-refractivity contribution in [3.8, 4) is 0 Å². The summed E-state index contributed by atoms with van der Waals surface area (Å²) in [6.07, 6.45) is 2.39. The summed E-state index contributed by atoms with van der Waals surface area (Å²) >= 11 is 0. The maximum absolute atomic E-state index is 11.8. The summed E-state index contributed by atoms with van der Waals surface area (Å²) in [6, 6.07) is 0. The minimum absolute atomic E-state index is 0.0229. The van der Waals surface area contributed by atoms with Crippen molar-refractivity contribution in [2.45, 2.75) is 44.9 Å². The van der Waals surface area contributed by atoms with Crippen LogP contribution in [0.25, 0.3) is 0 Å². The lowest BCUT2D eigenvalue weighted by molar-refractivity contribution is -0.843. The Hall–Kier alpha value is -0.420. The van der Waals surface area contributed by atoms with Gasteiger partial charge in [-0.1, -0.05) is 6.92 Å². The van der Waals surface area contributed by atoms with E-state index in [1.165, 1.54) is 0 Å². The number of quaternary nitrogens is 1. The van der Waals surface area contributed by atoms with E-state index in [0.29, 0.717) is 18.0 Å². The van der Waals surface area contributed by atoms with Crippen LogP contribution in [0, 0.1) is 11.1 Å². The second kappa shape index (κ2) is 3.62. The molecule has 0 bridgehead atoms. The first-order chi connectivity index (χ1) is 6.61. The van der Waals surface area contributed by atoms with Crippen LogP contribution in [0.4, 0.5) is 0 Å². The van der Waals surface area contributed by atoms with Crippen LogP contribution in [-0.2, 0) is 0 Å². The Bertz CT molecular complexity index is 265. The number of allylic oxidation sites excluding steroid dienone is 1.